The van der Waals surface area contributed by atoms with Crippen molar-refractivity contribution in [3.8, 4) is 11.5 Å². The molecule has 1 aromatic rings. The molecule has 5 heteroatoms. The normalized spacial score (nSPS) is 23.4. The molecule has 0 spiro atoms. The second kappa shape index (κ2) is 5.56. The highest BCUT2D eigenvalue weighted by Crippen LogP contribution is 2.28. The fourth-order valence-electron chi connectivity index (χ4n) is 2.11. The highest BCUT2D eigenvalue weighted by atomic mass is 16.5. The summed E-state index contributed by atoms with van der Waals surface area (Å²) in [6.45, 7) is 2.43. The third kappa shape index (κ3) is 2.75. The molecule has 100 valence electrons. The Morgan fingerprint density at radius 2 is 2.28 bits per heavy atom. The van der Waals surface area contributed by atoms with E-state index in [2.05, 4.69) is 5.32 Å². The summed E-state index contributed by atoms with van der Waals surface area (Å²) in [5.74, 6) is -0.168. The Labute approximate surface area is 106 Å². The van der Waals surface area contributed by atoms with Crippen LogP contribution in [0.2, 0.25) is 0 Å². The van der Waals surface area contributed by atoms with Gasteiger partial charge in [-0.05, 0) is 6.07 Å². The molecule has 0 aromatic heterocycles. The molecule has 18 heavy (non-hydrogen) atoms. The van der Waals surface area contributed by atoms with E-state index in [4.69, 9.17) is 9.47 Å². The first-order valence-corrected chi connectivity index (χ1v) is 6.00. The van der Waals surface area contributed by atoms with E-state index >= 15 is 0 Å². The first-order chi connectivity index (χ1) is 8.67. The summed E-state index contributed by atoms with van der Waals surface area (Å²) in [6.07, 6.45) is 0.864. The van der Waals surface area contributed by atoms with Crippen molar-refractivity contribution in [2.45, 2.75) is 18.6 Å². The lowest BCUT2D eigenvalue weighted by Gasteiger charge is -2.26. The highest BCUT2D eigenvalue weighted by molar-refractivity contribution is 5.44. The minimum absolute atomic E-state index is 0.0702. The van der Waals surface area contributed by atoms with Crippen LogP contribution in [0.15, 0.2) is 18.2 Å². The summed E-state index contributed by atoms with van der Waals surface area (Å²) in [4.78, 5) is 0. The van der Waals surface area contributed by atoms with Gasteiger partial charge >= 0.3 is 0 Å². The molecule has 0 aliphatic carbocycles. The molecule has 3 N–H and O–H groups in total. The number of aromatic hydroxyl groups is 2. The Bertz CT molecular complexity index is 402. The fourth-order valence-corrected chi connectivity index (χ4v) is 2.11. The van der Waals surface area contributed by atoms with E-state index in [1.165, 1.54) is 6.07 Å². The van der Waals surface area contributed by atoms with E-state index in [9.17, 15) is 10.2 Å². The van der Waals surface area contributed by atoms with Crippen molar-refractivity contribution in [3.05, 3.63) is 23.8 Å². The van der Waals surface area contributed by atoms with Gasteiger partial charge in [-0.3, -0.25) is 0 Å². The van der Waals surface area contributed by atoms with Crippen LogP contribution in [0.25, 0.3) is 0 Å². The SMILES string of the molecule is COC1(CNCc2cccc(O)c2O)CCOC1. The number of para-hydroxylation sites is 1. The maximum atomic E-state index is 9.66. The molecule has 1 atom stereocenters. The highest BCUT2D eigenvalue weighted by Gasteiger charge is 2.34. The van der Waals surface area contributed by atoms with Crippen LogP contribution in [0.3, 0.4) is 0 Å². The lowest BCUT2D eigenvalue weighted by molar-refractivity contribution is -0.0159. The maximum absolute atomic E-state index is 9.66. The van der Waals surface area contributed by atoms with E-state index in [1.54, 1.807) is 19.2 Å². The lowest BCUT2D eigenvalue weighted by atomic mass is 10.0. The van der Waals surface area contributed by atoms with Crippen molar-refractivity contribution >= 4 is 0 Å². The van der Waals surface area contributed by atoms with Gasteiger partial charge in [0.1, 0.15) is 5.60 Å². The van der Waals surface area contributed by atoms with Gasteiger partial charge in [-0.15, -0.1) is 0 Å². The van der Waals surface area contributed by atoms with Gasteiger partial charge in [-0.2, -0.15) is 0 Å². The Balaban J connectivity index is 1.90. The first kappa shape index (κ1) is 13.1. The van der Waals surface area contributed by atoms with Crippen LogP contribution in [-0.4, -0.2) is 42.7 Å². The summed E-state index contributed by atoms with van der Waals surface area (Å²) in [5.41, 5.74) is 0.395. The van der Waals surface area contributed by atoms with Crippen LogP contribution in [0.4, 0.5) is 0 Å². The second-order valence-electron chi connectivity index (χ2n) is 4.58. The predicted molar refractivity (Wildman–Crippen MR) is 66.7 cm³/mol. The molecule has 0 radical (unpaired) electrons. The minimum atomic E-state index is -0.271. The lowest BCUT2D eigenvalue weighted by Crippen LogP contribution is -2.42. The number of phenols is 2. The predicted octanol–water partition coefficient (Wildman–Crippen LogP) is 0.993. The number of ether oxygens (including phenoxy) is 2. The van der Waals surface area contributed by atoms with E-state index in [0.717, 1.165) is 6.42 Å². The third-order valence-electron chi connectivity index (χ3n) is 3.36. The van der Waals surface area contributed by atoms with Crippen molar-refractivity contribution in [3.63, 3.8) is 0 Å². The number of hydrogen-bond donors (Lipinski definition) is 3. The van der Waals surface area contributed by atoms with E-state index in [0.29, 0.717) is 31.9 Å². The van der Waals surface area contributed by atoms with Crippen molar-refractivity contribution < 1.29 is 19.7 Å². The second-order valence-corrected chi connectivity index (χ2v) is 4.58. The Morgan fingerprint density at radius 3 is 2.94 bits per heavy atom. The number of hydrogen-bond acceptors (Lipinski definition) is 5. The Morgan fingerprint density at radius 1 is 1.44 bits per heavy atom. The molecule has 0 saturated carbocycles. The molecule has 1 aliphatic heterocycles. The van der Waals surface area contributed by atoms with Gasteiger partial charge in [-0.1, -0.05) is 12.1 Å². The van der Waals surface area contributed by atoms with Crippen LogP contribution in [0.1, 0.15) is 12.0 Å². The number of benzene rings is 1. The molecular formula is C13H19NO4. The zero-order chi connectivity index (χ0) is 13.0. The van der Waals surface area contributed by atoms with Crippen molar-refractivity contribution in [2.75, 3.05) is 26.9 Å². The van der Waals surface area contributed by atoms with Crippen LogP contribution < -0.4 is 5.32 Å². The molecule has 1 fully saturated rings. The number of nitrogens with one attached hydrogen (secondary N) is 1. The van der Waals surface area contributed by atoms with Gasteiger partial charge in [-0.25, -0.2) is 0 Å². The number of phenolic OH excluding ortho intramolecular Hbond substituents is 2. The maximum Gasteiger partial charge on any atom is 0.161 e. The average molecular weight is 253 g/mol. The van der Waals surface area contributed by atoms with Crippen LogP contribution in [-0.2, 0) is 16.0 Å². The quantitative estimate of drug-likeness (QED) is 0.683. The van der Waals surface area contributed by atoms with Crippen LogP contribution in [0, 0.1) is 0 Å². The van der Waals surface area contributed by atoms with Gasteiger partial charge < -0.3 is 25.0 Å². The van der Waals surface area contributed by atoms with Gasteiger partial charge in [0, 0.05) is 38.8 Å². The largest absolute Gasteiger partial charge is 0.504 e. The van der Waals surface area contributed by atoms with Crippen molar-refractivity contribution in [1.29, 1.82) is 0 Å². The standard InChI is InChI=1S/C13H19NO4/c1-17-13(5-6-18-9-13)8-14-7-10-3-2-4-11(15)12(10)16/h2-4,14-16H,5-9H2,1H3. The smallest absolute Gasteiger partial charge is 0.161 e. The van der Waals surface area contributed by atoms with Gasteiger partial charge in [0.25, 0.3) is 0 Å². The topological polar surface area (TPSA) is 71.0 Å². The van der Waals surface area contributed by atoms with Gasteiger partial charge in [0.15, 0.2) is 11.5 Å². The first-order valence-electron chi connectivity index (χ1n) is 6.00. The van der Waals surface area contributed by atoms with E-state index in [-0.39, 0.29) is 17.1 Å². The molecule has 1 saturated heterocycles. The van der Waals surface area contributed by atoms with E-state index < -0.39 is 0 Å². The molecule has 1 unspecified atom stereocenters. The third-order valence-corrected chi connectivity index (χ3v) is 3.36. The Hall–Kier alpha value is -1.30. The van der Waals surface area contributed by atoms with Crippen molar-refractivity contribution in [2.24, 2.45) is 0 Å². The molecular weight excluding hydrogens is 234 g/mol. The van der Waals surface area contributed by atoms with Crippen LogP contribution in [0.5, 0.6) is 11.5 Å². The zero-order valence-corrected chi connectivity index (χ0v) is 10.5. The monoisotopic (exact) mass is 253 g/mol. The molecule has 0 bridgehead atoms. The Kier molecular flexibility index (Phi) is 4.06. The summed E-state index contributed by atoms with van der Waals surface area (Å²) in [7, 11) is 1.68. The summed E-state index contributed by atoms with van der Waals surface area (Å²) in [5, 5.41) is 22.3. The average Bonchev–Trinajstić information content (AvgIpc) is 2.84. The summed E-state index contributed by atoms with van der Waals surface area (Å²) >= 11 is 0. The molecule has 1 aliphatic rings. The minimum Gasteiger partial charge on any atom is -0.504 e. The molecule has 0 amide bonds. The van der Waals surface area contributed by atoms with Gasteiger partial charge in [0.05, 0.1) is 6.61 Å². The summed E-state index contributed by atoms with van der Waals surface area (Å²) < 4.78 is 10.8. The molecule has 2 rings (SSSR count). The van der Waals surface area contributed by atoms with Crippen LogP contribution >= 0.6 is 0 Å². The number of rotatable bonds is 5. The van der Waals surface area contributed by atoms with Crippen molar-refractivity contribution in [1.82, 2.24) is 5.32 Å². The summed E-state index contributed by atoms with van der Waals surface area (Å²) in [6, 6.07) is 4.93. The zero-order valence-electron chi connectivity index (χ0n) is 10.5. The number of methoxy groups -OCH3 is 1. The van der Waals surface area contributed by atoms with E-state index in [1.807, 2.05) is 0 Å². The van der Waals surface area contributed by atoms with Gasteiger partial charge in [0.2, 0.25) is 0 Å². The molecule has 1 aromatic carbocycles. The molecule has 5 nitrogen and oxygen atoms in total. The molecule has 1 heterocycles. The fraction of sp³-hybridized carbons (Fsp3) is 0.538.